The Morgan fingerprint density at radius 3 is 2.75 bits per heavy atom. The Bertz CT molecular complexity index is 413. The van der Waals surface area contributed by atoms with Gasteiger partial charge < -0.3 is 10.5 Å². The summed E-state index contributed by atoms with van der Waals surface area (Å²) in [4.78, 5) is 15.1. The molecule has 0 unspecified atom stereocenters. The SMILES string of the molecule is COC(=O)c1nc(CN)cc(C(F)F)c1Br. The molecule has 1 rings (SSSR count). The van der Waals surface area contributed by atoms with Crippen molar-refractivity contribution >= 4 is 21.9 Å². The van der Waals surface area contributed by atoms with E-state index in [-0.39, 0.29) is 28.0 Å². The first-order chi connectivity index (χ1) is 7.51. The smallest absolute Gasteiger partial charge is 0.357 e. The highest BCUT2D eigenvalue weighted by molar-refractivity contribution is 9.10. The van der Waals surface area contributed by atoms with Gasteiger partial charge in [-0.2, -0.15) is 0 Å². The lowest BCUT2D eigenvalue weighted by Crippen LogP contribution is -2.11. The van der Waals surface area contributed by atoms with Crippen molar-refractivity contribution in [1.82, 2.24) is 4.98 Å². The van der Waals surface area contributed by atoms with Crippen molar-refractivity contribution in [2.45, 2.75) is 13.0 Å². The van der Waals surface area contributed by atoms with Crippen LogP contribution in [0.15, 0.2) is 10.5 Å². The third-order valence-electron chi connectivity index (χ3n) is 1.86. The third kappa shape index (κ3) is 2.53. The molecule has 4 nitrogen and oxygen atoms in total. The van der Waals surface area contributed by atoms with E-state index in [0.29, 0.717) is 0 Å². The number of hydrogen-bond donors (Lipinski definition) is 1. The van der Waals surface area contributed by atoms with Crippen LogP contribution in [0.5, 0.6) is 0 Å². The Morgan fingerprint density at radius 2 is 2.31 bits per heavy atom. The lowest BCUT2D eigenvalue weighted by molar-refractivity contribution is 0.0591. The molecule has 16 heavy (non-hydrogen) atoms. The van der Waals surface area contributed by atoms with Crippen molar-refractivity contribution in [3.63, 3.8) is 0 Å². The molecular formula is C9H9BrF2N2O2. The number of carbonyl (C=O) groups excluding carboxylic acids is 1. The molecule has 1 heterocycles. The molecule has 0 spiro atoms. The topological polar surface area (TPSA) is 65.2 Å². The lowest BCUT2D eigenvalue weighted by atomic mass is 10.2. The fourth-order valence-electron chi connectivity index (χ4n) is 1.10. The highest BCUT2D eigenvalue weighted by Gasteiger charge is 2.21. The summed E-state index contributed by atoms with van der Waals surface area (Å²) < 4.78 is 29.7. The first-order valence-electron chi connectivity index (χ1n) is 4.27. The maximum atomic E-state index is 12.6. The van der Waals surface area contributed by atoms with Crippen molar-refractivity contribution < 1.29 is 18.3 Å². The number of halogens is 3. The quantitative estimate of drug-likeness (QED) is 0.866. The maximum absolute atomic E-state index is 12.6. The summed E-state index contributed by atoms with van der Waals surface area (Å²) in [6.45, 7) is -0.0308. The highest BCUT2D eigenvalue weighted by atomic mass is 79.9. The molecule has 0 aromatic carbocycles. The molecule has 0 saturated carbocycles. The van der Waals surface area contributed by atoms with Crippen LogP contribution in [0, 0.1) is 0 Å². The molecule has 1 aromatic heterocycles. The second-order valence-corrected chi connectivity index (χ2v) is 3.65. The Morgan fingerprint density at radius 1 is 1.69 bits per heavy atom. The number of esters is 1. The van der Waals surface area contributed by atoms with Gasteiger partial charge in [0, 0.05) is 12.1 Å². The zero-order valence-electron chi connectivity index (χ0n) is 8.34. The minimum Gasteiger partial charge on any atom is -0.464 e. The van der Waals surface area contributed by atoms with Crippen LogP contribution in [0.2, 0.25) is 0 Å². The average Bonchev–Trinajstić information content (AvgIpc) is 2.28. The van der Waals surface area contributed by atoms with E-state index in [1.165, 1.54) is 0 Å². The number of aromatic nitrogens is 1. The van der Waals surface area contributed by atoms with Gasteiger partial charge in [-0.1, -0.05) is 0 Å². The molecule has 2 N–H and O–H groups in total. The fourth-order valence-corrected chi connectivity index (χ4v) is 1.64. The molecule has 1 aromatic rings. The number of methoxy groups -OCH3 is 1. The molecule has 7 heteroatoms. The van der Waals surface area contributed by atoms with Gasteiger partial charge in [0.25, 0.3) is 6.43 Å². The van der Waals surface area contributed by atoms with Crippen LogP contribution in [0.4, 0.5) is 8.78 Å². The number of nitrogens with zero attached hydrogens (tertiary/aromatic N) is 1. The van der Waals surface area contributed by atoms with Crippen LogP contribution in [-0.2, 0) is 11.3 Å². The maximum Gasteiger partial charge on any atom is 0.357 e. The van der Waals surface area contributed by atoms with Crippen LogP contribution in [-0.4, -0.2) is 18.1 Å². The molecular weight excluding hydrogens is 286 g/mol. The predicted octanol–water partition coefficient (Wildman–Crippen LogP) is 2.03. The normalized spacial score (nSPS) is 10.6. The lowest BCUT2D eigenvalue weighted by Gasteiger charge is -2.09. The van der Waals surface area contributed by atoms with Gasteiger partial charge in [0.2, 0.25) is 0 Å². The van der Waals surface area contributed by atoms with Crippen molar-refractivity contribution in [2.75, 3.05) is 7.11 Å². The summed E-state index contributed by atoms with van der Waals surface area (Å²) in [5, 5.41) is 0. The van der Waals surface area contributed by atoms with Crippen LogP contribution in [0.1, 0.15) is 28.2 Å². The molecule has 0 fully saturated rings. The zero-order chi connectivity index (χ0) is 12.3. The van der Waals surface area contributed by atoms with E-state index in [0.717, 1.165) is 13.2 Å². The van der Waals surface area contributed by atoms with Crippen molar-refractivity contribution in [3.05, 3.63) is 27.5 Å². The Labute approximate surface area is 98.9 Å². The number of carbonyl (C=O) groups is 1. The molecule has 0 radical (unpaired) electrons. The van der Waals surface area contributed by atoms with E-state index < -0.39 is 12.4 Å². The molecule has 0 aliphatic rings. The Balaban J connectivity index is 3.37. The summed E-state index contributed by atoms with van der Waals surface area (Å²) in [5.41, 5.74) is 4.99. The molecule has 88 valence electrons. The highest BCUT2D eigenvalue weighted by Crippen LogP contribution is 2.30. The van der Waals surface area contributed by atoms with Crippen molar-refractivity contribution in [2.24, 2.45) is 5.73 Å². The molecule has 0 bridgehead atoms. The largest absolute Gasteiger partial charge is 0.464 e. The third-order valence-corrected chi connectivity index (χ3v) is 2.70. The van der Waals surface area contributed by atoms with Crippen LogP contribution in [0.3, 0.4) is 0 Å². The molecule has 0 aliphatic carbocycles. The number of hydrogen-bond acceptors (Lipinski definition) is 4. The molecule has 0 saturated heterocycles. The van der Waals surface area contributed by atoms with E-state index >= 15 is 0 Å². The molecule has 0 amide bonds. The van der Waals surface area contributed by atoms with Gasteiger partial charge in [-0.05, 0) is 22.0 Å². The standard InChI is InChI=1S/C9H9BrF2N2O2/c1-16-9(15)7-6(10)5(8(11)12)2-4(3-13)14-7/h2,8H,3,13H2,1H3. The van der Waals surface area contributed by atoms with Crippen molar-refractivity contribution in [1.29, 1.82) is 0 Å². The van der Waals surface area contributed by atoms with Crippen molar-refractivity contribution in [3.8, 4) is 0 Å². The summed E-state index contributed by atoms with van der Waals surface area (Å²) in [6, 6.07) is 1.15. The summed E-state index contributed by atoms with van der Waals surface area (Å²) in [5.74, 6) is -0.788. The second kappa shape index (κ2) is 5.31. The first-order valence-corrected chi connectivity index (χ1v) is 5.06. The van der Waals surface area contributed by atoms with Gasteiger partial charge in [0.05, 0.1) is 17.3 Å². The van der Waals surface area contributed by atoms with Gasteiger partial charge in [-0.15, -0.1) is 0 Å². The number of rotatable bonds is 3. The summed E-state index contributed by atoms with van der Waals surface area (Å²) in [6.07, 6.45) is -2.72. The molecule has 0 aliphatic heterocycles. The number of nitrogens with two attached hydrogens (primary N) is 1. The van der Waals surface area contributed by atoms with E-state index in [1.807, 2.05) is 0 Å². The van der Waals surface area contributed by atoms with Crippen LogP contribution < -0.4 is 5.73 Å². The van der Waals surface area contributed by atoms with Crippen LogP contribution in [0.25, 0.3) is 0 Å². The minimum atomic E-state index is -2.72. The Hall–Kier alpha value is -1.08. The van der Waals surface area contributed by atoms with E-state index in [9.17, 15) is 13.6 Å². The number of pyridine rings is 1. The van der Waals surface area contributed by atoms with E-state index in [2.05, 4.69) is 25.7 Å². The van der Waals surface area contributed by atoms with Gasteiger partial charge >= 0.3 is 5.97 Å². The number of alkyl halides is 2. The van der Waals surface area contributed by atoms with Gasteiger partial charge in [0.15, 0.2) is 5.69 Å². The summed E-state index contributed by atoms with van der Waals surface area (Å²) in [7, 11) is 1.15. The first kappa shape index (κ1) is 13.0. The Kier molecular flexibility index (Phi) is 4.31. The average molecular weight is 295 g/mol. The predicted molar refractivity (Wildman–Crippen MR) is 56.1 cm³/mol. The van der Waals surface area contributed by atoms with Crippen LogP contribution >= 0.6 is 15.9 Å². The fraction of sp³-hybridized carbons (Fsp3) is 0.333. The van der Waals surface area contributed by atoms with E-state index in [4.69, 9.17) is 5.73 Å². The van der Waals surface area contributed by atoms with Gasteiger partial charge in [0.1, 0.15) is 0 Å². The minimum absolute atomic E-state index is 0.0308. The van der Waals surface area contributed by atoms with E-state index in [1.54, 1.807) is 0 Å². The molecule has 0 atom stereocenters. The second-order valence-electron chi connectivity index (χ2n) is 2.86. The van der Waals surface area contributed by atoms with Gasteiger partial charge in [-0.25, -0.2) is 18.6 Å². The number of ether oxygens (including phenoxy) is 1. The monoisotopic (exact) mass is 294 g/mol. The summed E-state index contributed by atoms with van der Waals surface area (Å²) >= 11 is 2.90. The van der Waals surface area contributed by atoms with Gasteiger partial charge in [-0.3, -0.25) is 0 Å². The zero-order valence-corrected chi connectivity index (χ0v) is 9.92.